The maximum Gasteiger partial charge on any atom is 0.228 e. The van der Waals surface area contributed by atoms with Gasteiger partial charge < -0.3 is 9.88 Å². The van der Waals surface area contributed by atoms with Crippen molar-refractivity contribution in [1.29, 1.82) is 0 Å². The van der Waals surface area contributed by atoms with Gasteiger partial charge in [-0.2, -0.15) is 0 Å². The van der Waals surface area contributed by atoms with Crippen molar-refractivity contribution >= 4 is 35.0 Å². The number of hydrogen-bond donors (Lipinski definition) is 1. The van der Waals surface area contributed by atoms with Crippen LogP contribution < -0.4 is 5.32 Å². The summed E-state index contributed by atoms with van der Waals surface area (Å²) in [6, 6.07) is 15.2. The molecule has 0 radical (unpaired) electrons. The molecule has 0 saturated carbocycles. The Labute approximate surface area is 155 Å². The first-order chi connectivity index (χ1) is 12.2. The van der Waals surface area contributed by atoms with Crippen molar-refractivity contribution in [2.75, 3.05) is 11.1 Å². The summed E-state index contributed by atoms with van der Waals surface area (Å²) in [5.41, 5.74) is 3.51. The van der Waals surface area contributed by atoms with Gasteiger partial charge in [0.15, 0.2) is 5.16 Å². The van der Waals surface area contributed by atoms with Gasteiger partial charge in [0.05, 0.1) is 12.1 Å². The first-order valence-electron chi connectivity index (χ1n) is 8.03. The molecule has 1 aromatic heterocycles. The van der Waals surface area contributed by atoms with Gasteiger partial charge >= 0.3 is 0 Å². The number of aryl methyl sites for hydroxylation is 1. The second-order valence-electron chi connectivity index (χ2n) is 5.85. The zero-order chi connectivity index (χ0) is 17.2. The highest BCUT2D eigenvalue weighted by atomic mass is 35.5. The summed E-state index contributed by atoms with van der Waals surface area (Å²) in [6.07, 6.45) is 2.32. The fourth-order valence-electron chi connectivity index (χ4n) is 2.82. The molecule has 1 N–H and O–H groups in total. The number of nitrogens with one attached hydrogen (secondary N) is 1. The van der Waals surface area contributed by atoms with E-state index < -0.39 is 0 Å². The predicted molar refractivity (Wildman–Crippen MR) is 102 cm³/mol. The molecule has 4 nitrogen and oxygen atoms in total. The average molecular weight is 370 g/mol. The van der Waals surface area contributed by atoms with E-state index in [1.165, 1.54) is 0 Å². The first kappa shape index (κ1) is 16.2. The molecule has 2 aromatic carbocycles. The van der Waals surface area contributed by atoms with Crippen molar-refractivity contribution < 1.29 is 4.79 Å². The Bertz CT molecular complexity index is 916. The van der Waals surface area contributed by atoms with Crippen molar-refractivity contribution in [3.63, 3.8) is 0 Å². The maximum atomic E-state index is 12.3. The Morgan fingerprint density at radius 2 is 2.12 bits per heavy atom. The molecule has 2 heterocycles. The van der Waals surface area contributed by atoms with Crippen LogP contribution in [-0.2, 0) is 17.8 Å². The van der Waals surface area contributed by atoms with Crippen LogP contribution in [0.15, 0.2) is 59.9 Å². The second-order valence-corrected chi connectivity index (χ2v) is 7.32. The standard InChI is InChI=1S/C19H16ClN3OS/c20-16-7-2-1-4-13(16)11-18(24)21-15-6-3-5-14(10-15)17-12-23-8-9-25-19(23)22-17/h1-7,10,12H,8-9,11H2,(H,21,24). The lowest BCUT2D eigenvalue weighted by Crippen LogP contribution is -2.14. The van der Waals surface area contributed by atoms with E-state index in [9.17, 15) is 4.79 Å². The molecule has 0 saturated heterocycles. The normalized spacial score (nSPS) is 12.8. The summed E-state index contributed by atoms with van der Waals surface area (Å²) >= 11 is 7.89. The predicted octanol–water partition coefficient (Wildman–Crippen LogP) is 4.49. The topological polar surface area (TPSA) is 46.9 Å². The number of imidazole rings is 1. The molecule has 1 amide bonds. The highest BCUT2D eigenvalue weighted by Crippen LogP contribution is 2.30. The van der Waals surface area contributed by atoms with Crippen LogP contribution in [0.25, 0.3) is 11.3 Å². The van der Waals surface area contributed by atoms with Gasteiger partial charge in [0.2, 0.25) is 5.91 Å². The highest BCUT2D eigenvalue weighted by molar-refractivity contribution is 7.99. The number of carbonyl (C=O) groups is 1. The molecule has 0 spiro atoms. The molecule has 0 fully saturated rings. The van der Waals surface area contributed by atoms with E-state index in [2.05, 4.69) is 21.1 Å². The number of amides is 1. The van der Waals surface area contributed by atoms with E-state index in [1.54, 1.807) is 17.8 Å². The third-order valence-corrected chi connectivity index (χ3v) is 5.39. The SMILES string of the molecule is O=C(Cc1ccccc1Cl)Nc1cccc(-c2cn3c(n2)SCC3)c1. The highest BCUT2D eigenvalue weighted by Gasteiger charge is 2.15. The van der Waals surface area contributed by atoms with Crippen LogP contribution in [0.2, 0.25) is 5.02 Å². The van der Waals surface area contributed by atoms with Gasteiger partial charge in [-0.1, -0.05) is 53.7 Å². The third kappa shape index (κ3) is 3.57. The number of benzene rings is 2. The molecule has 1 aliphatic rings. The molecule has 126 valence electrons. The van der Waals surface area contributed by atoms with E-state index >= 15 is 0 Å². The lowest BCUT2D eigenvalue weighted by atomic mass is 10.1. The lowest BCUT2D eigenvalue weighted by Gasteiger charge is -2.08. The largest absolute Gasteiger partial charge is 0.326 e. The zero-order valence-corrected chi connectivity index (χ0v) is 15.0. The number of hydrogen-bond acceptors (Lipinski definition) is 3. The third-order valence-electron chi connectivity index (χ3n) is 4.05. The van der Waals surface area contributed by atoms with E-state index in [0.717, 1.165) is 40.0 Å². The second kappa shape index (κ2) is 6.94. The molecule has 0 bridgehead atoms. The number of carbonyl (C=O) groups excluding carboxylic acids is 1. The van der Waals surface area contributed by atoms with Crippen LogP contribution in [0.4, 0.5) is 5.69 Å². The van der Waals surface area contributed by atoms with Gasteiger partial charge in [0.25, 0.3) is 0 Å². The number of thioether (sulfide) groups is 1. The molecule has 3 aromatic rings. The smallest absolute Gasteiger partial charge is 0.228 e. The number of fused-ring (bicyclic) bond motifs is 1. The zero-order valence-electron chi connectivity index (χ0n) is 13.4. The molecule has 1 aliphatic heterocycles. The molecular weight excluding hydrogens is 354 g/mol. The Balaban J connectivity index is 1.49. The summed E-state index contributed by atoms with van der Waals surface area (Å²) in [4.78, 5) is 17.0. The van der Waals surface area contributed by atoms with E-state index in [1.807, 2.05) is 42.5 Å². The minimum absolute atomic E-state index is 0.0897. The van der Waals surface area contributed by atoms with Crippen molar-refractivity contribution in [2.24, 2.45) is 0 Å². The van der Waals surface area contributed by atoms with E-state index in [4.69, 9.17) is 11.6 Å². The Hall–Kier alpha value is -2.24. The quantitative estimate of drug-likeness (QED) is 0.737. The lowest BCUT2D eigenvalue weighted by molar-refractivity contribution is -0.115. The summed E-state index contributed by atoms with van der Waals surface area (Å²) in [7, 11) is 0. The van der Waals surface area contributed by atoms with E-state index in [0.29, 0.717) is 5.02 Å². The molecular formula is C19H16ClN3OS. The average Bonchev–Trinajstić information content (AvgIpc) is 3.19. The fraction of sp³-hybridized carbons (Fsp3) is 0.158. The Morgan fingerprint density at radius 3 is 2.96 bits per heavy atom. The monoisotopic (exact) mass is 369 g/mol. The molecule has 4 rings (SSSR count). The number of nitrogens with zero attached hydrogens (tertiary/aromatic N) is 2. The van der Waals surface area contributed by atoms with Gasteiger partial charge in [-0.25, -0.2) is 4.98 Å². The minimum atomic E-state index is -0.0897. The summed E-state index contributed by atoms with van der Waals surface area (Å²) < 4.78 is 2.17. The van der Waals surface area contributed by atoms with Gasteiger partial charge in [-0.05, 0) is 23.8 Å². The Morgan fingerprint density at radius 1 is 1.24 bits per heavy atom. The number of rotatable bonds is 4. The molecule has 6 heteroatoms. The van der Waals surface area contributed by atoms with Crippen LogP contribution in [0.5, 0.6) is 0 Å². The van der Waals surface area contributed by atoms with Crippen molar-refractivity contribution in [3.8, 4) is 11.3 Å². The van der Waals surface area contributed by atoms with Crippen LogP contribution in [-0.4, -0.2) is 21.2 Å². The summed E-state index contributed by atoms with van der Waals surface area (Å²) in [5.74, 6) is 0.994. The van der Waals surface area contributed by atoms with Crippen LogP contribution in [0.3, 0.4) is 0 Å². The number of halogens is 1. The van der Waals surface area contributed by atoms with Crippen LogP contribution in [0.1, 0.15) is 5.56 Å². The number of aromatic nitrogens is 2. The van der Waals surface area contributed by atoms with Crippen LogP contribution >= 0.6 is 23.4 Å². The Kier molecular flexibility index (Phi) is 4.51. The van der Waals surface area contributed by atoms with Gasteiger partial charge in [-0.3, -0.25) is 4.79 Å². The van der Waals surface area contributed by atoms with Crippen molar-refractivity contribution in [2.45, 2.75) is 18.1 Å². The first-order valence-corrected chi connectivity index (χ1v) is 9.39. The van der Waals surface area contributed by atoms with Crippen molar-refractivity contribution in [3.05, 3.63) is 65.3 Å². The molecule has 0 unspecified atom stereocenters. The summed E-state index contributed by atoms with van der Waals surface area (Å²) in [5, 5.41) is 4.61. The molecule has 25 heavy (non-hydrogen) atoms. The van der Waals surface area contributed by atoms with Gasteiger partial charge in [-0.15, -0.1) is 0 Å². The van der Waals surface area contributed by atoms with E-state index in [-0.39, 0.29) is 12.3 Å². The summed E-state index contributed by atoms with van der Waals surface area (Å²) in [6.45, 7) is 1.00. The molecule has 0 atom stereocenters. The fourth-order valence-corrected chi connectivity index (χ4v) is 3.97. The van der Waals surface area contributed by atoms with Gasteiger partial charge in [0, 0.05) is 34.8 Å². The van der Waals surface area contributed by atoms with Crippen molar-refractivity contribution in [1.82, 2.24) is 9.55 Å². The molecule has 0 aliphatic carbocycles. The van der Waals surface area contributed by atoms with Gasteiger partial charge in [0.1, 0.15) is 0 Å². The van der Waals surface area contributed by atoms with Crippen LogP contribution in [0, 0.1) is 0 Å². The maximum absolute atomic E-state index is 12.3. The number of anilines is 1. The minimum Gasteiger partial charge on any atom is -0.326 e.